The summed E-state index contributed by atoms with van der Waals surface area (Å²) in [5.41, 5.74) is 3.99. The lowest BCUT2D eigenvalue weighted by Gasteiger charge is -2.18. The normalized spacial score (nSPS) is 13.5. The van der Waals surface area contributed by atoms with Crippen LogP contribution in [0.1, 0.15) is 64.1 Å². The van der Waals surface area contributed by atoms with E-state index >= 15 is 0 Å². The molecule has 0 aliphatic rings. The average molecular weight is 485 g/mol. The topological polar surface area (TPSA) is 99.0 Å². The molecular weight excluding hydrogens is 452 g/mol. The van der Waals surface area contributed by atoms with Crippen LogP contribution in [0.5, 0.6) is 0 Å². The zero-order valence-corrected chi connectivity index (χ0v) is 21.1. The van der Waals surface area contributed by atoms with Crippen LogP contribution < -0.4 is 5.69 Å². The number of H-pyrrole nitrogens is 1. The molecule has 4 rings (SSSR count). The molecule has 0 radical (unpaired) electrons. The van der Waals surface area contributed by atoms with Crippen molar-refractivity contribution < 1.29 is 12.6 Å². The van der Waals surface area contributed by atoms with Gasteiger partial charge in [0.2, 0.25) is 0 Å². The van der Waals surface area contributed by atoms with Gasteiger partial charge in [-0.15, -0.1) is 0 Å². The van der Waals surface area contributed by atoms with E-state index in [1.165, 1.54) is 0 Å². The molecule has 1 N–H and O–H groups in total. The molecule has 0 saturated carbocycles. The van der Waals surface area contributed by atoms with Gasteiger partial charge in [-0.25, -0.2) is 9.78 Å². The molecule has 1 unspecified atom stereocenters. The van der Waals surface area contributed by atoms with Crippen LogP contribution >= 0.6 is 0 Å². The summed E-state index contributed by atoms with van der Waals surface area (Å²) in [6.07, 6.45) is 1.96. The first-order valence-corrected chi connectivity index (χ1v) is 13.4. The first-order valence-electron chi connectivity index (χ1n) is 11.6. The highest BCUT2D eigenvalue weighted by Crippen LogP contribution is 2.29. The van der Waals surface area contributed by atoms with Crippen LogP contribution in [0, 0.1) is 5.92 Å². The Hall–Kier alpha value is -2.91. The van der Waals surface area contributed by atoms with Crippen LogP contribution in [-0.4, -0.2) is 33.8 Å². The second-order valence-corrected chi connectivity index (χ2v) is 11.1. The fraction of sp³-hybridized carbons (Fsp3) is 0.440. The maximum atomic E-state index is 13.2. The third-order valence-corrected chi connectivity index (χ3v) is 6.50. The summed E-state index contributed by atoms with van der Waals surface area (Å²) < 4.78 is 32.6. The third kappa shape index (κ3) is 5.10. The smallest absolute Gasteiger partial charge is 0.329 e. The standard InChI is InChI=1S/C25H32N4O4S/c1-16(2)10-13-23(33-34(5,31)32)18-11-12-19-20(14-18)27-24(26-19)15-28-21-8-6-7-9-22(21)29(17(3)4)25(28)30/h6-9,11-12,14,16-17,23H,10,13,15H2,1-5H3,(H,26,27). The molecule has 34 heavy (non-hydrogen) atoms. The Balaban J connectivity index is 1.69. The van der Waals surface area contributed by atoms with Crippen LogP contribution in [0.4, 0.5) is 0 Å². The molecule has 0 bridgehead atoms. The van der Waals surface area contributed by atoms with Crippen molar-refractivity contribution in [2.75, 3.05) is 6.26 Å². The lowest BCUT2D eigenvalue weighted by molar-refractivity contribution is 0.195. The Kier molecular flexibility index (Phi) is 6.69. The van der Waals surface area contributed by atoms with Gasteiger partial charge in [0, 0.05) is 6.04 Å². The number of hydrogen-bond acceptors (Lipinski definition) is 5. The summed E-state index contributed by atoms with van der Waals surface area (Å²) in [6.45, 7) is 8.49. The lowest BCUT2D eigenvalue weighted by atomic mass is 10.00. The Bertz CT molecular complexity index is 1480. The van der Waals surface area contributed by atoms with Crippen molar-refractivity contribution in [3.05, 3.63) is 64.3 Å². The minimum absolute atomic E-state index is 0.0366. The summed E-state index contributed by atoms with van der Waals surface area (Å²) in [4.78, 5) is 21.2. The number of benzene rings is 2. The van der Waals surface area contributed by atoms with Gasteiger partial charge in [-0.05, 0) is 62.4 Å². The van der Waals surface area contributed by atoms with Gasteiger partial charge < -0.3 is 4.98 Å². The van der Waals surface area contributed by atoms with E-state index in [2.05, 4.69) is 23.8 Å². The first kappa shape index (κ1) is 24.2. The number of aromatic nitrogens is 4. The number of nitrogens with one attached hydrogen (secondary N) is 1. The van der Waals surface area contributed by atoms with Crippen molar-refractivity contribution in [1.82, 2.24) is 19.1 Å². The van der Waals surface area contributed by atoms with Gasteiger partial charge >= 0.3 is 5.69 Å². The molecule has 0 amide bonds. The predicted octanol–water partition coefficient (Wildman–Crippen LogP) is 4.76. The largest absolute Gasteiger partial charge is 0.340 e. The van der Waals surface area contributed by atoms with Crippen LogP contribution in [0.15, 0.2) is 47.3 Å². The number of hydrogen-bond donors (Lipinski definition) is 1. The zero-order chi connectivity index (χ0) is 24.6. The summed E-state index contributed by atoms with van der Waals surface area (Å²) in [6, 6.07) is 13.4. The minimum atomic E-state index is -3.60. The number of para-hydroxylation sites is 2. The Labute approximate surface area is 199 Å². The summed E-state index contributed by atoms with van der Waals surface area (Å²) in [7, 11) is -3.60. The van der Waals surface area contributed by atoms with Crippen molar-refractivity contribution in [3.63, 3.8) is 0 Å². The molecule has 2 aromatic carbocycles. The van der Waals surface area contributed by atoms with Gasteiger partial charge in [0.25, 0.3) is 10.1 Å². The van der Waals surface area contributed by atoms with Gasteiger partial charge in [-0.3, -0.25) is 13.3 Å². The molecule has 8 nitrogen and oxygen atoms in total. The summed E-state index contributed by atoms with van der Waals surface area (Å²) >= 11 is 0. The fourth-order valence-electron chi connectivity index (χ4n) is 4.36. The van der Waals surface area contributed by atoms with E-state index in [1.54, 1.807) is 9.13 Å². The van der Waals surface area contributed by atoms with Gasteiger partial charge in [-0.2, -0.15) is 8.42 Å². The minimum Gasteiger partial charge on any atom is -0.340 e. The summed E-state index contributed by atoms with van der Waals surface area (Å²) in [5, 5.41) is 0. The van der Waals surface area contributed by atoms with Crippen molar-refractivity contribution in [3.8, 4) is 0 Å². The Morgan fingerprint density at radius 1 is 1.03 bits per heavy atom. The maximum absolute atomic E-state index is 13.2. The number of nitrogens with zero attached hydrogens (tertiary/aromatic N) is 3. The van der Waals surface area contributed by atoms with Gasteiger partial charge in [0.15, 0.2) is 0 Å². The highest BCUT2D eigenvalue weighted by atomic mass is 32.2. The predicted molar refractivity (Wildman–Crippen MR) is 135 cm³/mol. The second-order valence-electron chi connectivity index (χ2n) is 9.54. The molecule has 0 aliphatic carbocycles. The van der Waals surface area contributed by atoms with E-state index in [0.29, 0.717) is 24.7 Å². The van der Waals surface area contributed by atoms with Crippen LogP contribution in [-0.2, 0) is 20.8 Å². The van der Waals surface area contributed by atoms with Crippen LogP contribution in [0.2, 0.25) is 0 Å². The van der Waals surface area contributed by atoms with E-state index in [4.69, 9.17) is 4.18 Å². The van der Waals surface area contributed by atoms with E-state index in [9.17, 15) is 13.2 Å². The lowest BCUT2D eigenvalue weighted by Crippen LogP contribution is -2.26. The molecule has 1 atom stereocenters. The fourth-order valence-corrected chi connectivity index (χ4v) is 4.98. The molecule has 0 spiro atoms. The molecule has 182 valence electrons. The van der Waals surface area contributed by atoms with Gasteiger partial charge in [0.1, 0.15) is 11.9 Å². The maximum Gasteiger partial charge on any atom is 0.329 e. The first-order chi connectivity index (χ1) is 16.0. The van der Waals surface area contributed by atoms with Crippen molar-refractivity contribution in [1.29, 1.82) is 0 Å². The SMILES string of the molecule is CC(C)CCC(OS(C)(=O)=O)c1ccc2nc(Cn3c(=O)n(C(C)C)c4ccccc43)[nH]c2c1. The van der Waals surface area contributed by atoms with Gasteiger partial charge in [-0.1, -0.05) is 32.0 Å². The highest BCUT2D eigenvalue weighted by Gasteiger charge is 2.20. The number of rotatable bonds is 9. The summed E-state index contributed by atoms with van der Waals surface area (Å²) in [5.74, 6) is 1.09. The third-order valence-electron chi connectivity index (χ3n) is 5.92. The van der Waals surface area contributed by atoms with Crippen LogP contribution in [0.3, 0.4) is 0 Å². The number of aromatic amines is 1. The van der Waals surface area contributed by atoms with E-state index in [0.717, 1.165) is 40.3 Å². The van der Waals surface area contributed by atoms with Gasteiger partial charge in [0.05, 0.1) is 34.9 Å². The number of fused-ring (bicyclic) bond motifs is 2. The average Bonchev–Trinajstić information content (AvgIpc) is 3.28. The molecule has 2 heterocycles. The van der Waals surface area contributed by atoms with Crippen LogP contribution in [0.25, 0.3) is 22.1 Å². The van der Waals surface area contributed by atoms with Crippen molar-refractivity contribution >= 4 is 32.2 Å². The van der Waals surface area contributed by atoms with E-state index in [1.807, 2.05) is 56.3 Å². The van der Waals surface area contributed by atoms with Crippen molar-refractivity contribution in [2.24, 2.45) is 5.92 Å². The molecule has 0 aliphatic heterocycles. The number of imidazole rings is 2. The monoisotopic (exact) mass is 484 g/mol. The van der Waals surface area contributed by atoms with E-state index in [-0.39, 0.29) is 11.7 Å². The molecular formula is C25H32N4O4S. The molecule has 9 heteroatoms. The second kappa shape index (κ2) is 9.38. The van der Waals surface area contributed by atoms with E-state index < -0.39 is 16.2 Å². The molecule has 0 fully saturated rings. The highest BCUT2D eigenvalue weighted by molar-refractivity contribution is 7.86. The zero-order valence-electron chi connectivity index (χ0n) is 20.3. The molecule has 4 aromatic rings. The quantitative estimate of drug-likeness (QED) is 0.345. The molecule has 2 aromatic heterocycles. The van der Waals surface area contributed by atoms with Crippen molar-refractivity contribution in [2.45, 2.75) is 59.2 Å². The Morgan fingerprint density at radius 2 is 1.74 bits per heavy atom. The Morgan fingerprint density at radius 3 is 2.38 bits per heavy atom. The molecule has 0 saturated heterocycles.